The summed E-state index contributed by atoms with van der Waals surface area (Å²) >= 11 is 0. The molecule has 0 bridgehead atoms. The van der Waals surface area contributed by atoms with E-state index >= 15 is 0 Å². The molecule has 5 nitrogen and oxygen atoms in total. The van der Waals surface area contributed by atoms with Crippen molar-refractivity contribution >= 4 is 11.8 Å². The van der Waals surface area contributed by atoms with E-state index in [0.29, 0.717) is 12.3 Å². The number of rotatable bonds is 7. The SMILES string of the molecule is Cc1cccc([C@H]2c3cc(O[C@H](C)C(=O)N(C)Cc4ccccc4)ccc3CCN2C(=O)C2CC2)c1. The highest BCUT2D eigenvalue weighted by Crippen LogP contribution is 2.41. The number of aryl methyl sites for hydroxylation is 1. The van der Waals surface area contributed by atoms with E-state index in [-0.39, 0.29) is 23.8 Å². The van der Waals surface area contributed by atoms with E-state index in [1.807, 2.05) is 42.5 Å². The number of carbonyl (C=O) groups excluding carboxylic acids is 2. The van der Waals surface area contributed by atoms with E-state index in [1.165, 1.54) is 11.1 Å². The van der Waals surface area contributed by atoms with Crippen LogP contribution in [-0.2, 0) is 22.6 Å². The number of nitrogens with zero attached hydrogens (tertiary/aromatic N) is 2. The summed E-state index contributed by atoms with van der Waals surface area (Å²) < 4.78 is 6.17. The minimum Gasteiger partial charge on any atom is -0.481 e. The molecular weight excluding hydrogens is 448 g/mol. The van der Waals surface area contributed by atoms with Gasteiger partial charge in [-0.15, -0.1) is 0 Å². The highest BCUT2D eigenvalue weighted by Gasteiger charge is 2.39. The van der Waals surface area contributed by atoms with Crippen LogP contribution in [0, 0.1) is 12.8 Å². The first-order chi connectivity index (χ1) is 17.4. The van der Waals surface area contributed by atoms with Crippen LogP contribution in [0.15, 0.2) is 72.8 Å². The first-order valence-corrected chi connectivity index (χ1v) is 12.9. The van der Waals surface area contributed by atoms with Gasteiger partial charge in [-0.05, 0) is 67.5 Å². The number of amides is 2. The molecule has 186 valence electrons. The monoisotopic (exact) mass is 482 g/mol. The number of hydrogen-bond acceptors (Lipinski definition) is 3. The molecule has 1 aliphatic carbocycles. The molecule has 36 heavy (non-hydrogen) atoms. The zero-order valence-corrected chi connectivity index (χ0v) is 21.3. The molecule has 1 aliphatic heterocycles. The van der Waals surface area contributed by atoms with Crippen LogP contribution in [0.4, 0.5) is 0 Å². The summed E-state index contributed by atoms with van der Waals surface area (Å²) in [5, 5.41) is 0. The van der Waals surface area contributed by atoms with Crippen LogP contribution >= 0.6 is 0 Å². The second-order valence-electron chi connectivity index (χ2n) is 10.2. The number of likely N-dealkylation sites (N-methyl/N-ethyl adjacent to an activating group) is 1. The van der Waals surface area contributed by atoms with Gasteiger partial charge in [0.1, 0.15) is 5.75 Å². The van der Waals surface area contributed by atoms with Crippen LogP contribution in [0.5, 0.6) is 5.75 Å². The van der Waals surface area contributed by atoms with E-state index in [1.54, 1.807) is 18.9 Å². The Hall–Kier alpha value is -3.60. The summed E-state index contributed by atoms with van der Waals surface area (Å²) in [4.78, 5) is 30.1. The topological polar surface area (TPSA) is 49.9 Å². The largest absolute Gasteiger partial charge is 0.481 e. The van der Waals surface area contributed by atoms with Crippen molar-refractivity contribution in [2.75, 3.05) is 13.6 Å². The summed E-state index contributed by atoms with van der Waals surface area (Å²) in [6.45, 7) is 5.13. The fourth-order valence-corrected chi connectivity index (χ4v) is 5.17. The molecule has 0 unspecified atom stereocenters. The summed E-state index contributed by atoms with van der Waals surface area (Å²) in [6.07, 6.45) is 2.18. The highest BCUT2D eigenvalue weighted by molar-refractivity contribution is 5.82. The van der Waals surface area contributed by atoms with Crippen molar-refractivity contribution in [3.8, 4) is 5.75 Å². The molecule has 5 heteroatoms. The van der Waals surface area contributed by atoms with Gasteiger partial charge in [-0.3, -0.25) is 9.59 Å². The summed E-state index contributed by atoms with van der Waals surface area (Å²) in [5.74, 6) is 0.999. The maximum atomic E-state index is 13.3. The molecule has 1 saturated carbocycles. The number of hydrogen-bond donors (Lipinski definition) is 0. The molecule has 0 aromatic heterocycles. The van der Waals surface area contributed by atoms with Gasteiger partial charge in [0.2, 0.25) is 5.91 Å². The number of ether oxygens (including phenoxy) is 1. The zero-order valence-electron chi connectivity index (χ0n) is 21.3. The molecule has 2 amide bonds. The Bertz CT molecular complexity index is 1250. The molecule has 0 spiro atoms. The second kappa shape index (κ2) is 10.2. The molecule has 5 rings (SSSR count). The lowest BCUT2D eigenvalue weighted by Crippen LogP contribution is -2.41. The van der Waals surface area contributed by atoms with E-state index in [9.17, 15) is 9.59 Å². The molecule has 1 heterocycles. The van der Waals surface area contributed by atoms with Gasteiger partial charge in [-0.1, -0.05) is 66.2 Å². The first kappa shape index (κ1) is 24.1. The van der Waals surface area contributed by atoms with Gasteiger partial charge in [0, 0.05) is 26.1 Å². The average molecular weight is 483 g/mol. The van der Waals surface area contributed by atoms with Gasteiger partial charge in [0.15, 0.2) is 6.10 Å². The van der Waals surface area contributed by atoms with Crippen LogP contribution in [0.2, 0.25) is 0 Å². The minimum atomic E-state index is -0.623. The first-order valence-electron chi connectivity index (χ1n) is 12.9. The number of benzene rings is 3. The van der Waals surface area contributed by atoms with Gasteiger partial charge in [-0.2, -0.15) is 0 Å². The number of fused-ring (bicyclic) bond motifs is 1. The van der Waals surface area contributed by atoms with Crippen molar-refractivity contribution in [3.05, 3.63) is 101 Å². The lowest BCUT2D eigenvalue weighted by Gasteiger charge is -2.38. The quantitative estimate of drug-likeness (QED) is 0.459. The molecule has 2 atom stereocenters. The Morgan fingerprint density at radius 1 is 1.03 bits per heavy atom. The zero-order chi connectivity index (χ0) is 25.2. The second-order valence-corrected chi connectivity index (χ2v) is 10.2. The predicted molar refractivity (Wildman–Crippen MR) is 141 cm³/mol. The Balaban J connectivity index is 1.39. The predicted octanol–water partition coefficient (Wildman–Crippen LogP) is 5.31. The van der Waals surface area contributed by atoms with Crippen LogP contribution in [-0.4, -0.2) is 41.3 Å². The third kappa shape index (κ3) is 5.15. The summed E-state index contributed by atoms with van der Waals surface area (Å²) in [7, 11) is 1.80. The summed E-state index contributed by atoms with van der Waals surface area (Å²) in [5.41, 5.74) is 5.70. The van der Waals surface area contributed by atoms with Gasteiger partial charge in [-0.25, -0.2) is 0 Å². The van der Waals surface area contributed by atoms with Crippen molar-refractivity contribution in [1.82, 2.24) is 9.80 Å². The van der Waals surface area contributed by atoms with Gasteiger partial charge in [0.05, 0.1) is 6.04 Å². The fraction of sp³-hybridized carbons (Fsp3) is 0.355. The van der Waals surface area contributed by atoms with Crippen molar-refractivity contribution in [3.63, 3.8) is 0 Å². The van der Waals surface area contributed by atoms with Crippen molar-refractivity contribution in [2.24, 2.45) is 5.92 Å². The third-order valence-electron chi connectivity index (χ3n) is 7.21. The van der Waals surface area contributed by atoms with Gasteiger partial charge < -0.3 is 14.5 Å². The Kier molecular flexibility index (Phi) is 6.82. The molecular formula is C31H34N2O3. The Morgan fingerprint density at radius 2 is 1.81 bits per heavy atom. The Morgan fingerprint density at radius 3 is 2.53 bits per heavy atom. The number of carbonyl (C=O) groups is 2. The van der Waals surface area contributed by atoms with E-state index in [2.05, 4.69) is 42.2 Å². The van der Waals surface area contributed by atoms with Crippen LogP contribution in [0.25, 0.3) is 0 Å². The van der Waals surface area contributed by atoms with Crippen molar-refractivity contribution in [1.29, 1.82) is 0 Å². The standard InChI is InChI=1S/C31H34N2O3/c1-21-8-7-11-26(18-21)29-28-19-27(15-14-24(28)16-17-33(29)31(35)25-12-13-25)36-22(2)30(34)32(3)20-23-9-5-4-6-10-23/h4-11,14-15,18-19,22,25,29H,12-13,16-17,20H2,1-3H3/t22-,29+/m1/s1. The maximum absolute atomic E-state index is 13.3. The van der Waals surface area contributed by atoms with Gasteiger partial charge in [0.25, 0.3) is 5.91 Å². The fourth-order valence-electron chi connectivity index (χ4n) is 5.17. The highest BCUT2D eigenvalue weighted by atomic mass is 16.5. The van der Waals surface area contributed by atoms with E-state index in [4.69, 9.17) is 4.74 Å². The molecule has 0 saturated heterocycles. The average Bonchev–Trinajstić information content (AvgIpc) is 3.73. The van der Waals surface area contributed by atoms with Crippen LogP contribution in [0.1, 0.15) is 53.6 Å². The maximum Gasteiger partial charge on any atom is 0.263 e. The minimum absolute atomic E-state index is 0.0719. The molecule has 0 radical (unpaired) electrons. The lowest BCUT2D eigenvalue weighted by atomic mass is 9.87. The Labute approximate surface area is 213 Å². The summed E-state index contributed by atoms with van der Waals surface area (Å²) in [6, 6.07) is 24.3. The molecule has 3 aromatic rings. The molecule has 3 aromatic carbocycles. The van der Waals surface area contributed by atoms with Crippen molar-refractivity contribution in [2.45, 2.75) is 51.8 Å². The van der Waals surface area contributed by atoms with Crippen LogP contribution < -0.4 is 4.74 Å². The van der Waals surface area contributed by atoms with Crippen molar-refractivity contribution < 1.29 is 14.3 Å². The molecule has 0 N–H and O–H groups in total. The lowest BCUT2D eigenvalue weighted by molar-refractivity contribution is -0.137. The van der Waals surface area contributed by atoms with E-state index in [0.717, 1.165) is 42.5 Å². The smallest absolute Gasteiger partial charge is 0.263 e. The molecule has 2 aliphatic rings. The normalized spacial score (nSPS) is 17.8. The molecule has 1 fully saturated rings. The van der Waals surface area contributed by atoms with Gasteiger partial charge >= 0.3 is 0 Å². The van der Waals surface area contributed by atoms with Crippen LogP contribution in [0.3, 0.4) is 0 Å². The third-order valence-corrected chi connectivity index (χ3v) is 7.21. The van der Waals surface area contributed by atoms with E-state index < -0.39 is 6.10 Å².